The van der Waals surface area contributed by atoms with Gasteiger partial charge in [0.2, 0.25) is 5.95 Å². The Morgan fingerprint density at radius 1 is 0.968 bits per heavy atom. The van der Waals surface area contributed by atoms with E-state index in [4.69, 9.17) is 0 Å². The van der Waals surface area contributed by atoms with Gasteiger partial charge in [-0.25, -0.2) is 4.98 Å². The van der Waals surface area contributed by atoms with Crippen LogP contribution in [0.2, 0.25) is 0 Å². The Kier molecular flexibility index (Phi) is 5.42. The average molecular weight is 415 g/mol. The van der Waals surface area contributed by atoms with Gasteiger partial charge in [-0.15, -0.1) is 0 Å². The van der Waals surface area contributed by atoms with Gasteiger partial charge in [-0.2, -0.15) is 9.50 Å². The molecule has 4 rings (SSSR count). The van der Waals surface area contributed by atoms with Crippen molar-refractivity contribution in [1.82, 2.24) is 19.6 Å². The van der Waals surface area contributed by atoms with Gasteiger partial charge in [0, 0.05) is 16.8 Å². The van der Waals surface area contributed by atoms with Crippen LogP contribution in [-0.4, -0.2) is 25.5 Å². The lowest BCUT2D eigenvalue weighted by molar-refractivity contribution is 0.0983. The SMILES string of the molecule is CCc1ccc(CN(C(=O)c2ccc(C)cc2)c2nc3nc(C)c(C)c(=O)n3[nH]2)cc1. The van der Waals surface area contributed by atoms with Crippen molar-refractivity contribution in [2.24, 2.45) is 0 Å². The highest BCUT2D eigenvalue weighted by molar-refractivity contribution is 6.05. The van der Waals surface area contributed by atoms with Gasteiger partial charge in [-0.3, -0.25) is 19.6 Å². The van der Waals surface area contributed by atoms with Crippen molar-refractivity contribution in [1.29, 1.82) is 0 Å². The van der Waals surface area contributed by atoms with E-state index in [2.05, 4.69) is 34.1 Å². The lowest BCUT2D eigenvalue weighted by Crippen LogP contribution is -2.31. The van der Waals surface area contributed by atoms with Crippen molar-refractivity contribution < 1.29 is 4.79 Å². The molecule has 0 saturated heterocycles. The van der Waals surface area contributed by atoms with Gasteiger partial charge in [0.1, 0.15) is 0 Å². The molecule has 158 valence electrons. The fraction of sp³-hybridized carbons (Fsp3) is 0.250. The van der Waals surface area contributed by atoms with E-state index in [0.29, 0.717) is 23.4 Å². The maximum Gasteiger partial charge on any atom is 0.277 e. The van der Waals surface area contributed by atoms with E-state index >= 15 is 0 Å². The van der Waals surface area contributed by atoms with Crippen LogP contribution in [0.25, 0.3) is 5.78 Å². The summed E-state index contributed by atoms with van der Waals surface area (Å²) in [5.74, 6) is 0.311. The molecule has 0 unspecified atom stereocenters. The number of H-pyrrole nitrogens is 1. The average Bonchev–Trinajstić information content (AvgIpc) is 3.20. The van der Waals surface area contributed by atoms with Gasteiger partial charge in [0.25, 0.3) is 17.2 Å². The molecular formula is C24H25N5O2. The zero-order chi connectivity index (χ0) is 22.1. The number of nitrogens with one attached hydrogen (secondary N) is 1. The molecule has 2 aromatic heterocycles. The fourth-order valence-electron chi connectivity index (χ4n) is 3.37. The number of benzene rings is 2. The monoisotopic (exact) mass is 415 g/mol. The molecule has 0 spiro atoms. The van der Waals surface area contributed by atoms with Gasteiger partial charge >= 0.3 is 0 Å². The van der Waals surface area contributed by atoms with Crippen LogP contribution in [0.15, 0.2) is 53.3 Å². The standard InChI is InChI=1S/C24H25N5O2/c1-5-18-8-10-19(11-9-18)14-28(22(31)20-12-6-15(2)7-13-20)24-26-23-25-17(4)16(3)21(30)29(23)27-24/h6-13H,5,14H2,1-4H3,(H,25,26,27). The second kappa shape index (κ2) is 8.18. The van der Waals surface area contributed by atoms with Crippen LogP contribution in [-0.2, 0) is 13.0 Å². The zero-order valence-corrected chi connectivity index (χ0v) is 18.1. The molecule has 1 amide bonds. The summed E-state index contributed by atoms with van der Waals surface area (Å²) in [6.45, 7) is 7.88. The number of nitrogens with zero attached hydrogens (tertiary/aromatic N) is 4. The number of anilines is 1. The number of carbonyl (C=O) groups excluding carboxylic acids is 1. The molecule has 0 aliphatic rings. The fourth-order valence-corrected chi connectivity index (χ4v) is 3.37. The van der Waals surface area contributed by atoms with E-state index in [1.54, 1.807) is 30.9 Å². The number of aryl methyl sites for hydroxylation is 3. The highest BCUT2D eigenvalue weighted by atomic mass is 16.2. The van der Waals surface area contributed by atoms with E-state index in [9.17, 15) is 9.59 Å². The van der Waals surface area contributed by atoms with Crippen molar-refractivity contribution >= 4 is 17.6 Å². The van der Waals surface area contributed by atoms with Gasteiger partial charge in [0.15, 0.2) is 0 Å². The molecule has 7 nitrogen and oxygen atoms in total. The second-order valence-corrected chi connectivity index (χ2v) is 7.74. The summed E-state index contributed by atoms with van der Waals surface area (Å²) in [6.07, 6.45) is 0.948. The maximum absolute atomic E-state index is 13.4. The highest BCUT2D eigenvalue weighted by Crippen LogP contribution is 2.18. The Balaban J connectivity index is 1.80. The van der Waals surface area contributed by atoms with Gasteiger partial charge in [-0.05, 0) is 50.5 Å². The summed E-state index contributed by atoms with van der Waals surface area (Å²) in [5, 5.41) is 2.97. The first-order valence-electron chi connectivity index (χ1n) is 10.3. The van der Waals surface area contributed by atoms with E-state index in [1.807, 2.05) is 31.2 Å². The lowest BCUT2D eigenvalue weighted by atomic mass is 10.1. The molecule has 0 saturated carbocycles. The first-order valence-corrected chi connectivity index (χ1v) is 10.3. The first kappa shape index (κ1) is 20.5. The summed E-state index contributed by atoms with van der Waals surface area (Å²) in [7, 11) is 0. The van der Waals surface area contributed by atoms with Crippen LogP contribution in [0.1, 0.15) is 45.2 Å². The van der Waals surface area contributed by atoms with E-state index in [-0.39, 0.29) is 23.2 Å². The predicted molar refractivity (Wildman–Crippen MR) is 121 cm³/mol. The first-order chi connectivity index (χ1) is 14.9. The number of aromatic nitrogens is 4. The molecule has 0 fully saturated rings. The quantitative estimate of drug-likeness (QED) is 0.538. The largest absolute Gasteiger partial charge is 0.277 e. The number of fused-ring (bicyclic) bond motifs is 1. The van der Waals surface area contributed by atoms with Gasteiger partial charge < -0.3 is 0 Å². The van der Waals surface area contributed by atoms with Crippen LogP contribution in [0, 0.1) is 20.8 Å². The van der Waals surface area contributed by atoms with Gasteiger partial charge in [-0.1, -0.05) is 48.9 Å². The number of carbonyl (C=O) groups is 1. The van der Waals surface area contributed by atoms with Crippen LogP contribution in [0.4, 0.5) is 5.95 Å². The smallest absolute Gasteiger partial charge is 0.272 e. The third-order valence-electron chi connectivity index (χ3n) is 5.52. The molecule has 1 N–H and O–H groups in total. The van der Waals surface area contributed by atoms with Crippen molar-refractivity contribution in [2.45, 2.75) is 40.7 Å². The minimum atomic E-state index is -0.226. The number of aromatic amines is 1. The number of hydrogen-bond donors (Lipinski definition) is 1. The van der Waals surface area contributed by atoms with Crippen molar-refractivity contribution in [3.63, 3.8) is 0 Å². The van der Waals surface area contributed by atoms with Crippen molar-refractivity contribution in [3.8, 4) is 0 Å². The van der Waals surface area contributed by atoms with E-state index in [0.717, 1.165) is 17.5 Å². The summed E-state index contributed by atoms with van der Waals surface area (Å²) in [6, 6.07) is 15.5. The van der Waals surface area contributed by atoms with Gasteiger partial charge in [0.05, 0.1) is 6.54 Å². The normalized spacial score (nSPS) is 11.1. The third-order valence-corrected chi connectivity index (χ3v) is 5.52. The maximum atomic E-state index is 13.4. The van der Waals surface area contributed by atoms with Crippen molar-refractivity contribution in [2.75, 3.05) is 4.90 Å². The Bertz CT molecular complexity index is 1300. The highest BCUT2D eigenvalue weighted by Gasteiger charge is 2.23. The molecule has 0 bridgehead atoms. The molecule has 0 atom stereocenters. The summed E-state index contributed by atoms with van der Waals surface area (Å²) >= 11 is 0. The van der Waals surface area contributed by atoms with Crippen LogP contribution in [0.3, 0.4) is 0 Å². The molecule has 7 heteroatoms. The van der Waals surface area contributed by atoms with E-state index in [1.165, 1.54) is 10.1 Å². The summed E-state index contributed by atoms with van der Waals surface area (Å²) in [4.78, 5) is 36.5. The molecular weight excluding hydrogens is 390 g/mol. The molecule has 2 heterocycles. The molecule has 31 heavy (non-hydrogen) atoms. The Hall–Kier alpha value is -3.74. The molecule has 0 aliphatic heterocycles. The summed E-state index contributed by atoms with van der Waals surface area (Å²) in [5.41, 5.74) is 4.74. The Morgan fingerprint density at radius 3 is 2.26 bits per heavy atom. The van der Waals surface area contributed by atoms with E-state index < -0.39 is 0 Å². The predicted octanol–water partition coefficient (Wildman–Crippen LogP) is 3.75. The minimum absolute atomic E-state index is 0.208. The Morgan fingerprint density at radius 2 is 1.61 bits per heavy atom. The minimum Gasteiger partial charge on any atom is -0.272 e. The number of rotatable bonds is 5. The Labute approximate surface area is 180 Å². The van der Waals surface area contributed by atoms with Crippen molar-refractivity contribution in [3.05, 3.63) is 92.4 Å². The molecule has 0 radical (unpaired) electrons. The second-order valence-electron chi connectivity index (χ2n) is 7.74. The van der Waals surface area contributed by atoms with Crippen LogP contribution < -0.4 is 10.5 Å². The number of amides is 1. The zero-order valence-electron chi connectivity index (χ0n) is 18.1. The topological polar surface area (TPSA) is 83.4 Å². The van der Waals surface area contributed by atoms with Crippen LogP contribution >= 0.6 is 0 Å². The summed E-state index contributed by atoms with van der Waals surface area (Å²) < 4.78 is 1.28. The third kappa shape index (κ3) is 3.99. The lowest BCUT2D eigenvalue weighted by Gasteiger charge is -2.20. The molecule has 0 aliphatic carbocycles. The molecule has 2 aromatic carbocycles. The van der Waals surface area contributed by atoms with Crippen LogP contribution in [0.5, 0.6) is 0 Å². The number of hydrogen-bond acceptors (Lipinski definition) is 4. The molecule has 4 aromatic rings.